The van der Waals surface area contributed by atoms with E-state index in [0.717, 1.165) is 22.3 Å². The number of carbonyl (C=O) groups is 4. The molecule has 4 rings (SSSR count). The van der Waals surface area contributed by atoms with Crippen molar-refractivity contribution in [2.24, 2.45) is 0 Å². The largest absolute Gasteiger partial charge is 0.479 e. The summed E-state index contributed by atoms with van der Waals surface area (Å²) in [5.41, 5.74) is 1.55. The monoisotopic (exact) mass is 577 g/mol. The van der Waals surface area contributed by atoms with E-state index in [1.165, 1.54) is 18.2 Å². The summed E-state index contributed by atoms with van der Waals surface area (Å²) in [4.78, 5) is 54.9. The molecular formula is C26H25Cl2N3O6S. The van der Waals surface area contributed by atoms with E-state index in [1.807, 2.05) is 30.3 Å². The van der Waals surface area contributed by atoms with Gasteiger partial charge in [0.15, 0.2) is 12.4 Å². The number of para-hydroxylation sites is 1. The number of nitrogens with zero attached hydrogens (tertiary/aromatic N) is 3. The summed E-state index contributed by atoms with van der Waals surface area (Å²) in [6, 6.07) is 12.9. The molecule has 0 spiro atoms. The molecule has 12 heteroatoms. The highest BCUT2D eigenvalue weighted by Crippen LogP contribution is 2.37. The Kier molecular flexibility index (Phi) is 9.19. The van der Waals surface area contributed by atoms with Gasteiger partial charge in [0.1, 0.15) is 6.54 Å². The molecule has 2 aliphatic rings. The number of hydrogen-bond donors (Lipinski definition) is 0. The molecule has 0 N–H and O–H groups in total. The minimum absolute atomic E-state index is 0.101. The fourth-order valence-electron chi connectivity index (χ4n) is 4.01. The van der Waals surface area contributed by atoms with Crippen molar-refractivity contribution >= 4 is 69.8 Å². The third-order valence-corrected chi connectivity index (χ3v) is 7.35. The zero-order valence-electron chi connectivity index (χ0n) is 20.5. The van der Waals surface area contributed by atoms with Crippen LogP contribution in [0.5, 0.6) is 5.75 Å². The van der Waals surface area contributed by atoms with Gasteiger partial charge in [-0.1, -0.05) is 41.4 Å². The van der Waals surface area contributed by atoms with Crippen LogP contribution in [-0.4, -0.2) is 78.8 Å². The van der Waals surface area contributed by atoms with Crippen molar-refractivity contribution in [1.82, 2.24) is 9.80 Å². The molecule has 2 saturated heterocycles. The summed E-state index contributed by atoms with van der Waals surface area (Å²) < 4.78 is 10.2. The van der Waals surface area contributed by atoms with Gasteiger partial charge in [-0.2, -0.15) is 0 Å². The maximum absolute atomic E-state index is 12.9. The van der Waals surface area contributed by atoms with Gasteiger partial charge >= 0.3 is 5.97 Å². The van der Waals surface area contributed by atoms with E-state index < -0.39 is 17.1 Å². The Morgan fingerprint density at radius 1 is 1.03 bits per heavy atom. The van der Waals surface area contributed by atoms with Crippen LogP contribution >= 0.6 is 35.0 Å². The Hall–Kier alpha value is -3.21. The van der Waals surface area contributed by atoms with E-state index in [4.69, 9.17) is 32.7 Å². The fourth-order valence-corrected chi connectivity index (χ4v) is 5.46. The second kappa shape index (κ2) is 12.6. The van der Waals surface area contributed by atoms with Crippen molar-refractivity contribution in [3.63, 3.8) is 0 Å². The smallest absolute Gasteiger partial charge is 0.344 e. The van der Waals surface area contributed by atoms with Gasteiger partial charge in [-0.25, -0.2) is 4.79 Å². The number of rotatable bonds is 8. The summed E-state index contributed by atoms with van der Waals surface area (Å²) >= 11 is 13.3. The lowest BCUT2D eigenvalue weighted by Gasteiger charge is -2.36. The second-order valence-electron chi connectivity index (χ2n) is 8.38. The summed E-state index contributed by atoms with van der Waals surface area (Å²) in [6.07, 6.45) is 1.47. The van der Waals surface area contributed by atoms with Crippen molar-refractivity contribution in [2.75, 3.05) is 50.8 Å². The Balaban J connectivity index is 1.37. The van der Waals surface area contributed by atoms with Crippen LogP contribution in [-0.2, 0) is 19.1 Å². The minimum Gasteiger partial charge on any atom is -0.479 e. The van der Waals surface area contributed by atoms with Gasteiger partial charge in [-0.3, -0.25) is 19.3 Å². The van der Waals surface area contributed by atoms with Gasteiger partial charge in [0.05, 0.1) is 21.6 Å². The number of thioether (sulfide) groups is 1. The lowest BCUT2D eigenvalue weighted by Crippen LogP contribution is -2.51. The highest BCUT2D eigenvalue weighted by Gasteiger charge is 2.37. The van der Waals surface area contributed by atoms with Crippen LogP contribution in [0, 0.1) is 0 Å². The van der Waals surface area contributed by atoms with Crippen LogP contribution in [0.1, 0.15) is 12.5 Å². The van der Waals surface area contributed by atoms with Gasteiger partial charge in [0, 0.05) is 31.9 Å². The van der Waals surface area contributed by atoms with Crippen molar-refractivity contribution in [3.8, 4) is 5.75 Å². The zero-order chi connectivity index (χ0) is 27.2. The third kappa shape index (κ3) is 6.61. The average Bonchev–Trinajstić information content (AvgIpc) is 3.16. The van der Waals surface area contributed by atoms with Crippen molar-refractivity contribution in [3.05, 3.63) is 63.0 Å². The van der Waals surface area contributed by atoms with Gasteiger partial charge in [-0.15, -0.1) is 0 Å². The Labute approximate surface area is 234 Å². The van der Waals surface area contributed by atoms with E-state index in [0.29, 0.717) is 31.7 Å². The van der Waals surface area contributed by atoms with Crippen LogP contribution in [0.25, 0.3) is 6.08 Å². The normalized spacial score (nSPS) is 16.8. The predicted octanol–water partition coefficient (Wildman–Crippen LogP) is 4.32. The quantitative estimate of drug-likeness (QED) is 0.338. The molecule has 2 aromatic carbocycles. The molecule has 2 heterocycles. The highest BCUT2D eigenvalue weighted by atomic mass is 35.5. The summed E-state index contributed by atoms with van der Waals surface area (Å²) in [7, 11) is 0. The van der Waals surface area contributed by atoms with E-state index in [2.05, 4.69) is 4.90 Å². The number of halogens is 2. The Morgan fingerprint density at radius 3 is 2.32 bits per heavy atom. The number of ether oxygens (including phenoxy) is 2. The maximum Gasteiger partial charge on any atom is 0.344 e. The fraction of sp³-hybridized carbons (Fsp3) is 0.308. The number of benzene rings is 2. The number of esters is 1. The molecule has 0 radical (unpaired) electrons. The van der Waals surface area contributed by atoms with Crippen LogP contribution in [0.3, 0.4) is 0 Å². The van der Waals surface area contributed by atoms with Crippen molar-refractivity contribution in [2.45, 2.75) is 6.92 Å². The zero-order valence-corrected chi connectivity index (χ0v) is 22.9. The van der Waals surface area contributed by atoms with E-state index >= 15 is 0 Å². The predicted molar refractivity (Wildman–Crippen MR) is 147 cm³/mol. The van der Waals surface area contributed by atoms with Crippen molar-refractivity contribution < 1.29 is 28.7 Å². The average molecular weight is 578 g/mol. The van der Waals surface area contributed by atoms with E-state index in [9.17, 15) is 19.2 Å². The van der Waals surface area contributed by atoms with Gasteiger partial charge < -0.3 is 19.3 Å². The maximum atomic E-state index is 12.9. The number of carbonyl (C=O) groups excluding carboxylic acids is 4. The van der Waals surface area contributed by atoms with Crippen LogP contribution in [0.4, 0.5) is 10.5 Å². The van der Waals surface area contributed by atoms with Gasteiger partial charge in [-0.05, 0) is 54.6 Å². The number of hydrogen-bond acceptors (Lipinski definition) is 8. The van der Waals surface area contributed by atoms with Crippen LogP contribution in [0.15, 0.2) is 47.4 Å². The molecule has 2 aromatic rings. The first-order chi connectivity index (χ1) is 18.3. The summed E-state index contributed by atoms with van der Waals surface area (Å²) in [5, 5.41) is -0.279. The molecular weight excluding hydrogens is 553 g/mol. The Morgan fingerprint density at radius 2 is 1.68 bits per heavy atom. The van der Waals surface area contributed by atoms with Crippen molar-refractivity contribution in [1.29, 1.82) is 0 Å². The number of amides is 3. The lowest BCUT2D eigenvalue weighted by molar-refractivity contribution is -0.145. The molecule has 0 saturated carbocycles. The molecule has 38 heavy (non-hydrogen) atoms. The number of anilines is 1. The first kappa shape index (κ1) is 27.8. The molecule has 0 atom stereocenters. The molecule has 2 aliphatic heterocycles. The minimum atomic E-state index is -0.565. The lowest BCUT2D eigenvalue weighted by atomic mass is 10.2. The van der Waals surface area contributed by atoms with E-state index in [-0.39, 0.29) is 46.4 Å². The SMILES string of the molecule is CCOC(=O)COc1c(Cl)cc(/C=C2/SC(=O)N(CC(=O)N3CCN(c4ccccc4)CC3)C2=O)cc1Cl. The van der Waals surface area contributed by atoms with E-state index in [1.54, 1.807) is 11.8 Å². The number of imide groups is 1. The Bertz CT molecular complexity index is 1240. The molecule has 0 unspecified atom stereocenters. The second-order valence-corrected chi connectivity index (χ2v) is 10.2. The first-order valence-electron chi connectivity index (χ1n) is 11.9. The molecule has 2 fully saturated rings. The third-order valence-electron chi connectivity index (χ3n) is 5.88. The van der Waals surface area contributed by atoms with Crippen LogP contribution in [0.2, 0.25) is 10.0 Å². The van der Waals surface area contributed by atoms with Gasteiger partial charge in [0.25, 0.3) is 11.1 Å². The molecule has 200 valence electrons. The molecule has 0 aromatic heterocycles. The molecule has 0 aliphatic carbocycles. The van der Waals surface area contributed by atoms with Crippen LogP contribution < -0.4 is 9.64 Å². The standard InChI is InChI=1S/C26H25Cl2N3O6S/c1-2-36-23(33)16-37-24-19(27)12-17(13-20(24)28)14-21-25(34)31(26(35)38-21)15-22(32)30-10-8-29(9-11-30)18-6-4-3-5-7-18/h3-7,12-14H,2,8-11,15-16H2,1H3/b21-14+. The highest BCUT2D eigenvalue weighted by molar-refractivity contribution is 8.18. The topological polar surface area (TPSA) is 96.5 Å². The molecule has 9 nitrogen and oxygen atoms in total. The summed E-state index contributed by atoms with van der Waals surface area (Å²) in [5.74, 6) is -1.31. The van der Waals surface area contributed by atoms with Gasteiger partial charge in [0.2, 0.25) is 5.91 Å². The summed E-state index contributed by atoms with van der Waals surface area (Å²) in [6.45, 7) is 3.54. The first-order valence-corrected chi connectivity index (χ1v) is 13.4. The molecule has 0 bridgehead atoms. The molecule has 3 amide bonds. The number of piperazine rings is 1.